The quantitative estimate of drug-likeness (QED) is 0.412. The number of rotatable bonds is 6. The van der Waals surface area contributed by atoms with E-state index in [2.05, 4.69) is 31.2 Å². The van der Waals surface area contributed by atoms with Gasteiger partial charge < -0.3 is 20.9 Å². The van der Waals surface area contributed by atoms with Crippen molar-refractivity contribution in [3.05, 3.63) is 30.1 Å². The number of imidazole rings is 1. The van der Waals surface area contributed by atoms with E-state index in [9.17, 15) is 0 Å². The number of benzene rings is 1. The number of nitrogens with one attached hydrogen (secondary N) is 2. The number of nitrogens with zero attached hydrogens (tertiary/aromatic N) is 3. The van der Waals surface area contributed by atoms with E-state index >= 15 is 0 Å². The van der Waals surface area contributed by atoms with E-state index in [4.69, 9.17) is 5.73 Å². The number of aliphatic imine (C=N–C) groups is 1. The molecule has 1 aliphatic rings. The average molecular weight is 373 g/mol. The highest BCUT2D eigenvalue weighted by atomic mass is 35.5. The zero-order valence-electron chi connectivity index (χ0n) is 13.7. The Morgan fingerprint density at radius 3 is 2.88 bits per heavy atom. The first-order valence-corrected chi connectivity index (χ1v) is 7.99. The van der Waals surface area contributed by atoms with Crippen LogP contribution in [0.15, 0.2) is 29.5 Å². The van der Waals surface area contributed by atoms with Crippen LogP contribution in [0.1, 0.15) is 24.8 Å². The van der Waals surface area contributed by atoms with Gasteiger partial charge in [-0.3, -0.25) is 0 Å². The van der Waals surface area contributed by atoms with Crippen molar-refractivity contribution in [2.24, 2.45) is 10.7 Å². The topological polar surface area (TPSA) is 82.3 Å². The van der Waals surface area contributed by atoms with Crippen molar-refractivity contribution in [3.63, 3.8) is 0 Å². The number of H-pyrrole nitrogens is 1. The van der Waals surface area contributed by atoms with Gasteiger partial charge in [-0.05, 0) is 56.6 Å². The molecule has 1 aromatic heterocycles. The van der Waals surface area contributed by atoms with Crippen LogP contribution in [-0.2, 0) is 6.54 Å². The standard InChI is InChI=1S/C16H24N6.2ClH/c17-16(18-6-3-9-22-7-1-2-8-22)19-11-13-4-5-14-15(10-13)21-12-20-14;;/h4-5,10,12H,1-3,6-9,11H2,(H,20,21)(H3,17,18,19);2*1H. The normalized spacial score (nSPS) is 15.1. The monoisotopic (exact) mass is 372 g/mol. The minimum absolute atomic E-state index is 0. The molecule has 3 rings (SSSR count). The van der Waals surface area contributed by atoms with Gasteiger partial charge in [0.2, 0.25) is 0 Å². The lowest BCUT2D eigenvalue weighted by atomic mass is 10.2. The van der Waals surface area contributed by atoms with Crippen LogP contribution in [0.4, 0.5) is 0 Å². The zero-order chi connectivity index (χ0) is 15.2. The summed E-state index contributed by atoms with van der Waals surface area (Å²) < 4.78 is 0. The number of nitrogens with two attached hydrogens (primary N) is 1. The molecule has 134 valence electrons. The van der Waals surface area contributed by atoms with Crippen molar-refractivity contribution < 1.29 is 0 Å². The molecule has 0 unspecified atom stereocenters. The Morgan fingerprint density at radius 1 is 1.29 bits per heavy atom. The van der Waals surface area contributed by atoms with Crippen LogP contribution >= 0.6 is 24.8 Å². The van der Waals surface area contributed by atoms with Crippen molar-refractivity contribution >= 4 is 41.8 Å². The van der Waals surface area contributed by atoms with Gasteiger partial charge in [0.15, 0.2) is 5.96 Å². The van der Waals surface area contributed by atoms with Crippen LogP contribution in [0.3, 0.4) is 0 Å². The van der Waals surface area contributed by atoms with Gasteiger partial charge in [-0.25, -0.2) is 9.98 Å². The molecular weight excluding hydrogens is 347 g/mol. The molecule has 4 N–H and O–H groups in total. The van der Waals surface area contributed by atoms with Crippen LogP contribution in [-0.4, -0.2) is 47.0 Å². The predicted molar refractivity (Wildman–Crippen MR) is 104 cm³/mol. The lowest BCUT2D eigenvalue weighted by molar-refractivity contribution is 0.334. The fourth-order valence-corrected chi connectivity index (χ4v) is 2.84. The van der Waals surface area contributed by atoms with Crippen LogP contribution in [0, 0.1) is 0 Å². The molecule has 1 aromatic carbocycles. The Morgan fingerprint density at radius 2 is 2.08 bits per heavy atom. The van der Waals surface area contributed by atoms with Crippen molar-refractivity contribution in [3.8, 4) is 0 Å². The van der Waals surface area contributed by atoms with Gasteiger partial charge in [-0.15, -0.1) is 24.8 Å². The van der Waals surface area contributed by atoms with E-state index in [1.807, 2.05) is 12.1 Å². The molecule has 0 bridgehead atoms. The maximum Gasteiger partial charge on any atom is 0.188 e. The Balaban J connectivity index is 0.00000144. The highest BCUT2D eigenvalue weighted by Crippen LogP contribution is 2.12. The first kappa shape index (κ1) is 20.5. The summed E-state index contributed by atoms with van der Waals surface area (Å²) in [4.78, 5) is 14.2. The average Bonchev–Trinajstić information content (AvgIpc) is 3.20. The van der Waals surface area contributed by atoms with E-state index < -0.39 is 0 Å². The number of fused-ring (bicyclic) bond motifs is 1. The maximum atomic E-state index is 5.91. The molecule has 0 aliphatic carbocycles. The highest BCUT2D eigenvalue weighted by molar-refractivity contribution is 5.85. The number of aromatic amines is 1. The fourth-order valence-electron chi connectivity index (χ4n) is 2.84. The number of guanidine groups is 1. The highest BCUT2D eigenvalue weighted by Gasteiger charge is 2.09. The Labute approximate surface area is 155 Å². The Hall–Kier alpha value is -1.50. The second kappa shape index (κ2) is 10.4. The number of hydrogen-bond donors (Lipinski definition) is 3. The van der Waals surface area contributed by atoms with Crippen molar-refractivity contribution in [2.45, 2.75) is 25.8 Å². The molecule has 8 heteroatoms. The third-order valence-electron chi connectivity index (χ3n) is 4.07. The largest absolute Gasteiger partial charge is 0.370 e. The summed E-state index contributed by atoms with van der Waals surface area (Å²) in [5.41, 5.74) is 9.04. The lowest BCUT2D eigenvalue weighted by Gasteiger charge is -2.14. The van der Waals surface area contributed by atoms with Crippen LogP contribution in [0.25, 0.3) is 11.0 Å². The molecule has 0 saturated carbocycles. The summed E-state index contributed by atoms with van der Waals surface area (Å²) in [6, 6.07) is 6.09. The van der Waals surface area contributed by atoms with E-state index in [1.54, 1.807) is 6.33 Å². The van der Waals surface area contributed by atoms with Gasteiger partial charge in [0, 0.05) is 6.54 Å². The smallest absolute Gasteiger partial charge is 0.188 e. The lowest BCUT2D eigenvalue weighted by Crippen LogP contribution is -2.34. The first-order chi connectivity index (χ1) is 10.8. The molecule has 2 aromatic rings. The SMILES string of the molecule is Cl.Cl.NC(=NCc1ccc2nc[nH]c2c1)NCCCN1CCCC1. The second-order valence-corrected chi connectivity index (χ2v) is 5.78. The van der Waals surface area contributed by atoms with Gasteiger partial charge in [-0.1, -0.05) is 6.07 Å². The number of aromatic nitrogens is 2. The number of likely N-dealkylation sites (tertiary alicyclic amines) is 1. The number of hydrogen-bond acceptors (Lipinski definition) is 3. The molecule has 2 heterocycles. The molecule has 24 heavy (non-hydrogen) atoms. The summed E-state index contributed by atoms with van der Waals surface area (Å²) >= 11 is 0. The second-order valence-electron chi connectivity index (χ2n) is 5.78. The van der Waals surface area contributed by atoms with Crippen LogP contribution in [0.5, 0.6) is 0 Å². The first-order valence-electron chi connectivity index (χ1n) is 7.99. The molecule has 0 radical (unpaired) electrons. The molecule has 0 amide bonds. The Kier molecular flexibility index (Phi) is 8.89. The van der Waals surface area contributed by atoms with Gasteiger partial charge in [0.1, 0.15) is 0 Å². The molecule has 1 fully saturated rings. The van der Waals surface area contributed by atoms with Crippen molar-refractivity contribution in [2.75, 3.05) is 26.2 Å². The fraction of sp³-hybridized carbons (Fsp3) is 0.500. The van der Waals surface area contributed by atoms with Gasteiger partial charge in [-0.2, -0.15) is 0 Å². The minimum Gasteiger partial charge on any atom is -0.370 e. The van der Waals surface area contributed by atoms with Crippen molar-refractivity contribution in [1.29, 1.82) is 0 Å². The Bertz CT molecular complexity index is 636. The van der Waals surface area contributed by atoms with Gasteiger partial charge >= 0.3 is 0 Å². The van der Waals surface area contributed by atoms with Crippen LogP contribution < -0.4 is 11.1 Å². The number of halogens is 2. The van der Waals surface area contributed by atoms with E-state index in [1.165, 1.54) is 25.9 Å². The summed E-state index contributed by atoms with van der Waals surface area (Å²) in [5, 5.41) is 3.19. The van der Waals surface area contributed by atoms with Crippen molar-refractivity contribution in [1.82, 2.24) is 20.2 Å². The van der Waals surface area contributed by atoms with E-state index in [-0.39, 0.29) is 24.8 Å². The molecule has 0 atom stereocenters. The predicted octanol–water partition coefficient (Wildman–Crippen LogP) is 2.30. The maximum absolute atomic E-state index is 5.91. The summed E-state index contributed by atoms with van der Waals surface area (Å²) in [7, 11) is 0. The van der Waals surface area contributed by atoms with E-state index in [0.29, 0.717) is 12.5 Å². The molecular formula is C16H26Cl2N6. The third kappa shape index (κ3) is 5.85. The molecule has 6 nitrogen and oxygen atoms in total. The molecule has 1 saturated heterocycles. The van der Waals surface area contributed by atoms with Crippen LogP contribution in [0.2, 0.25) is 0 Å². The minimum atomic E-state index is 0. The summed E-state index contributed by atoms with van der Waals surface area (Å²) in [6.45, 7) is 5.11. The van der Waals surface area contributed by atoms with E-state index in [0.717, 1.165) is 36.1 Å². The molecule has 0 spiro atoms. The summed E-state index contributed by atoms with van der Waals surface area (Å²) in [6.07, 6.45) is 5.50. The van der Waals surface area contributed by atoms with Gasteiger partial charge in [0.25, 0.3) is 0 Å². The summed E-state index contributed by atoms with van der Waals surface area (Å²) in [5.74, 6) is 0.520. The van der Waals surface area contributed by atoms with Gasteiger partial charge in [0.05, 0.1) is 23.9 Å². The zero-order valence-corrected chi connectivity index (χ0v) is 15.3. The molecule has 1 aliphatic heterocycles. The third-order valence-corrected chi connectivity index (χ3v) is 4.07.